The molecule has 3 aliphatic rings. The Labute approximate surface area is 125 Å². The average Bonchev–Trinajstić information content (AvgIpc) is 3.15. The van der Waals surface area contributed by atoms with Crippen molar-refractivity contribution < 1.29 is 13.2 Å². The molecule has 0 radical (unpaired) electrons. The van der Waals surface area contributed by atoms with Gasteiger partial charge in [0.05, 0.1) is 0 Å². The molecule has 3 rings (SSSR count). The first kappa shape index (κ1) is 15.6. The van der Waals surface area contributed by atoms with Gasteiger partial charge in [0, 0.05) is 31.5 Å². The summed E-state index contributed by atoms with van der Waals surface area (Å²) in [6.45, 7) is 2.31. The molecule has 0 bridgehead atoms. The number of hydrogen-bond acceptors (Lipinski definition) is 2. The molecule has 2 aliphatic carbocycles. The number of nitrogens with zero attached hydrogens (tertiary/aromatic N) is 2. The predicted octanol–water partition coefficient (Wildman–Crippen LogP) is 3.46. The highest BCUT2D eigenvalue weighted by molar-refractivity contribution is 4.98. The van der Waals surface area contributed by atoms with Gasteiger partial charge in [0.15, 0.2) is 0 Å². The standard InChI is InChI=1S/C16H27F3N2/c1-20(12-15(17)7-8-15)13-4-9-21(10-5-13)14-3-2-6-16(18,19)11-14/h13-14H,2-12H2,1H3/t14-/m0/s1. The van der Waals surface area contributed by atoms with E-state index in [1.165, 1.54) is 0 Å². The molecule has 122 valence electrons. The molecule has 0 N–H and O–H groups in total. The van der Waals surface area contributed by atoms with E-state index in [4.69, 9.17) is 0 Å². The molecule has 0 unspecified atom stereocenters. The van der Waals surface area contributed by atoms with Gasteiger partial charge in [0.2, 0.25) is 5.92 Å². The van der Waals surface area contributed by atoms with E-state index < -0.39 is 11.6 Å². The third-order valence-electron chi connectivity index (χ3n) is 5.58. The summed E-state index contributed by atoms with van der Waals surface area (Å²) >= 11 is 0. The molecule has 0 aromatic rings. The lowest BCUT2D eigenvalue weighted by atomic mass is 9.89. The molecule has 0 aromatic carbocycles. The van der Waals surface area contributed by atoms with Crippen LogP contribution in [0, 0.1) is 0 Å². The van der Waals surface area contributed by atoms with Crippen molar-refractivity contribution in [3.8, 4) is 0 Å². The van der Waals surface area contributed by atoms with Crippen molar-refractivity contribution in [2.24, 2.45) is 0 Å². The zero-order chi connectivity index (χ0) is 15.1. The van der Waals surface area contributed by atoms with Crippen LogP contribution in [-0.2, 0) is 0 Å². The van der Waals surface area contributed by atoms with Crippen molar-refractivity contribution in [3.05, 3.63) is 0 Å². The van der Waals surface area contributed by atoms with Gasteiger partial charge in [-0.2, -0.15) is 0 Å². The van der Waals surface area contributed by atoms with E-state index >= 15 is 0 Å². The Kier molecular flexibility index (Phi) is 4.25. The summed E-state index contributed by atoms with van der Waals surface area (Å²) in [5.74, 6) is -2.47. The van der Waals surface area contributed by atoms with Crippen LogP contribution in [0.25, 0.3) is 0 Å². The lowest BCUT2D eigenvalue weighted by Gasteiger charge is -2.43. The van der Waals surface area contributed by atoms with E-state index in [9.17, 15) is 13.2 Å². The van der Waals surface area contributed by atoms with Crippen molar-refractivity contribution in [1.29, 1.82) is 0 Å². The van der Waals surface area contributed by atoms with Gasteiger partial charge in [-0.05, 0) is 58.7 Å². The molecule has 0 spiro atoms. The van der Waals surface area contributed by atoms with Crippen LogP contribution in [0.15, 0.2) is 0 Å². The summed E-state index contributed by atoms with van der Waals surface area (Å²) in [6.07, 6.45) is 5.00. The third-order valence-corrected chi connectivity index (χ3v) is 5.58. The van der Waals surface area contributed by atoms with E-state index in [1.807, 2.05) is 7.05 Å². The number of rotatable bonds is 4. The zero-order valence-electron chi connectivity index (χ0n) is 13.0. The Bertz CT molecular complexity index is 363. The molecule has 1 atom stereocenters. The van der Waals surface area contributed by atoms with Crippen LogP contribution >= 0.6 is 0 Å². The van der Waals surface area contributed by atoms with Gasteiger partial charge in [-0.1, -0.05) is 0 Å². The smallest absolute Gasteiger partial charge is 0.249 e. The highest BCUT2D eigenvalue weighted by Gasteiger charge is 2.45. The molecule has 0 aromatic heterocycles. The van der Waals surface area contributed by atoms with Gasteiger partial charge in [0.1, 0.15) is 5.67 Å². The van der Waals surface area contributed by atoms with Gasteiger partial charge >= 0.3 is 0 Å². The maximum atomic E-state index is 13.8. The molecular weight excluding hydrogens is 277 g/mol. The van der Waals surface area contributed by atoms with Crippen molar-refractivity contribution in [1.82, 2.24) is 9.80 Å². The summed E-state index contributed by atoms with van der Waals surface area (Å²) in [7, 11) is 2.01. The summed E-state index contributed by atoms with van der Waals surface area (Å²) < 4.78 is 40.9. The topological polar surface area (TPSA) is 6.48 Å². The Morgan fingerprint density at radius 3 is 2.29 bits per heavy atom. The predicted molar refractivity (Wildman–Crippen MR) is 77.5 cm³/mol. The number of likely N-dealkylation sites (tertiary alicyclic amines) is 1. The summed E-state index contributed by atoms with van der Waals surface area (Å²) in [6, 6.07) is 0.467. The van der Waals surface area contributed by atoms with Gasteiger partial charge in [-0.25, -0.2) is 13.2 Å². The van der Waals surface area contributed by atoms with Crippen molar-refractivity contribution in [3.63, 3.8) is 0 Å². The van der Waals surface area contributed by atoms with Crippen LogP contribution in [0.1, 0.15) is 51.4 Å². The zero-order valence-corrected chi connectivity index (χ0v) is 13.0. The van der Waals surface area contributed by atoms with Crippen molar-refractivity contribution in [2.45, 2.75) is 75.0 Å². The maximum Gasteiger partial charge on any atom is 0.249 e. The second kappa shape index (κ2) is 5.73. The molecule has 5 heteroatoms. The van der Waals surface area contributed by atoms with Gasteiger partial charge < -0.3 is 9.80 Å². The van der Waals surface area contributed by atoms with Crippen LogP contribution in [-0.4, -0.2) is 60.2 Å². The second-order valence-electron chi connectivity index (χ2n) is 7.44. The second-order valence-corrected chi connectivity index (χ2v) is 7.44. The van der Waals surface area contributed by atoms with E-state index in [-0.39, 0.29) is 18.9 Å². The molecule has 21 heavy (non-hydrogen) atoms. The highest BCUT2D eigenvalue weighted by atomic mass is 19.3. The number of halogens is 3. The van der Waals surface area contributed by atoms with Gasteiger partial charge in [0.25, 0.3) is 0 Å². The Morgan fingerprint density at radius 1 is 1.05 bits per heavy atom. The minimum atomic E-state index is -2.47. The van der Waals surface area contributed by atoms with Crippen molar-refractivity contribution in [2.75, 3.05) is 26.7 Å². The van der Waals surface area contributed by atoms with E-state index in [0.29, 0.717) is 31.8 Å². The van der Waals surface area contributed by atoms with Gasteiger partial charge in [-0.15, -0.1) is 0 Å². The lowest BCUT2D eigenvalue weighted by molar-refractivity contribution is -0.0685. The first-order valence-electron chi connectivity index (χ1n) is 8.38. The minimum absolute atomic E-state index is 0.0289. The molecule has 2 saturated carbocycles. The molecule has 2 nitrogen and oxygen atoms in total. The van der Waals surface area contributed by atoms with Crippen LogP contribution in [0.5, 0.6) is 0 Å². The fourth-order valence-corrected chi connectivity index (χ4v) is 4.02. The third kappa shape index (κ3) is 3.92. The monoisotopic (exact) mass is 304 g/mol. The fraction of sp³-hybridized carbons (Fsp3) is 1.00. The molecule has 0 amide bonds. The number of piperidine rings is 1. The van der Waals surface area contributed by atoms with Crippen molar-refractivity contribution >= 4 is 0 Å². The molecule has 1 heterocycles. The number of hydrogen-bond donors (Lipinski definition) is 0. The average molecular weight is 304 g/mol. The van der Waals surface area contributed by atoms with Crippen LogP contribution < -0.4 is 0 Å². The quantitative estimate of drug-likeness (QED) is 0.785. The Hall–Kier alpha value is -0.290. The van der Waals surface area contributed by atoms with E-state index in [1.54, 1.807) is 0 Å². The maximum absolute atomic E-state index is 13.8. The molecule has 1 saturated heterocycles. The summed E-state index contributed by atoms with van der Waals surface area (Å²) in [5.41, 5.74) is -0.933. The molecule has 3 fully saturated rings. The van der Waals surface area contributed by atoms with Crippen LogP contribution in [0.3, 0.4) is 0 Å². The Morgan fingerprint density at radius 2 is 1.71 bits per heavy atom. The summed E-state index contributed by atoms with van der Waals surface area (Å²) in [4.78, 5) is 4.40. The normalized spacial score (nSPS) is 33.3. The SMILES string of the molecule is CN(CC1(F)CC1)C1CCN([C@H]2CCCC(F)(F)C2)CC1. The molecular formula is C16H27F3N2. The fourth-order valence-electron chi connectivity index (χ4n) is 4.02. The largest absolute Gasteiger partial charge is 0.300 e. The first-order valence-corrected chi connectivity index (χ1v) is 8.38. The molecule has 1 aliphatic heterocycles. The van der Waals surface area contributed by atoms with Crippen LogP contribution in [0.4, 0.5) is 13.2 Å². The minimum Gasteiger partial charge on any atom is -0.300 e. The lowest BCUT2D eigenvalue weighted by Crippen LogP contribution is -2.50. The van der Waals surface area contributed by atoms with E-state index in [0.717, 1.165) is 32.4 Å². The summed E-state index contributed by atoms with van der Waals surface area (Å²) in [5, 5.41) is 0. The highest BCUT2D eigenvalue weighted by Crippen LogP contribution is 2.41. The van der Waals surface area contributed by atoms with E-state index in [2.05, 4.69) is 9.80 Å². The van der Waals surface area contributed by atoms with Crippen LogP contribution in [0.2, 0.25) is 0 Å². The van der Waals surface area contributed by atoms with Gasteiger partial charge in [-0.3, -0.25) is 0 Å². The Balaban J connectivity index is 1.46. The number of alkyl halides is 3. The first-order chi connectivity index (χ1) is 9.87.